The molecule has 0 fully saturated rings. The van der Waals surface area contributed by atoms with Crippen molar-refractivity contribution < 1.29 is 24.2 Å². The Labute approximate surface area is 154 Å². The monoisotopic (exact) mass is 367 g/mol. The Kier molecular flexibility index (Phi) is 5.16. The Bertz CT molecular complexity index is 992. The van der Waals surface area contributed by atoms with Crippen LogP contribution >= 0.6 is 0 Å². The zero-order chi connectivity index (χ0) is 19.4. The van der Waals surface area contributed by atoms with Gasteiger partial charge in [0.15, 0.2) is 0 Å². The summed E-state index contributed by atoms with van der Waals surface area (Å²) in [6.07, 6.45) is -0.112. The second-order valence-corrected chi connectivity index (χ2v) is 5.77. The number of phenolic OH excluding ortho intramolecular Hbond substituents is 1. The highest BCUT2D eigenvalue weighted by Gasteiger charge is 2.13. The number of fused-ring (bicyclic) bond motifs is 1. The third kappa shape index (κ3) is 4.30. The molecule has 1 N–H and O–H groups in total. The molecule has 0 aliphatic rings. The normalized spacial score (nSPS) is 10.6. The number of phenols is 1. The molecule has 8 nitrogen and oxygen atoms in total. The third-order valence-electron chi connectivity index (χ3n) is 3.57. The number of carbonyl (C=O) groups excluding carboxylic acids is 2. The van der Waals surface area contributed by atoms with Crippen molar-refractivity contribution in [3.05, 3.63) is 54.6 Å². The van der Waals surface area contributed by atoms with Gasteiger partial charge in [-0.05, 0) is 31.2 Å². The predicted octanol–water partition coefficient (Wildman–Crippen LogP) is 2.54. The van der Waals surface area contributed by atoms with Crippen molar-refractivity contribution in [1.29, 1.82) is 0 Å². The zero-order valence-electron chi connectivity index (χ0n) is 14.6. The van der Waals surface area contributed by atoms with E-state index in [0.717, 1.165) is 0 Å². The molecular weight excluding hydrogens is 350 g/mol. The van der Waals surface area contributed by atoms with Gasteiger partial charge in [-0.25, -0.2) is 4.79 Å². The maximum absolute atomic E-state index is 11.9. The number of aromatic hydroxyl groups is 1. The fourth-order valence-electron chi connectivity index (χ4n) is 2.23. The molecule has 0 aliphatic carbocycles. The first-order chi connectivity index (χ1) is 12.9. The number of hydrogen-bond donors (Lipinski definition) is 1. The molecule has 0 spiro atoms. The third-order valence-corrected chi connectivity index (χ3v) is 3.57. The van der Waals surface area contributed by atoms with Gasteiger partial charge in [0.25, 0.3) is 0 Å². The smallest absolute Gasteiger partial charge is 0.333 e. The first kappa shape index (κ1) is 18.1. The Hall–Kier alpha value is -3.68. The van der Waals surface area contributed by atoms with Gasteiger partial charge in [0.05, 0.1) is 6.42 Å². The Morgan fingerprint density at radius 1 is 1.15 bits per heavy atom. The van der Waals surface area contributed by atoms with E-state index in [9.17, 15) is 14.7 Å². The summed E-state index contributed by atoms with van der Waals surface area (Å²) in [6, 6.07) is 11.5. The molecule has 2 aromatic carbocycles. The van der Waals surface area contributed by atoms with Gasteiger partial charge < -0.3 is 14.6 Å². The first-order valence-corrected chi connectivity index (χ1v) is 8.13. The summed E-state index contributed by atoms with van der Waals surface area (Å²) in [7, 11) is 0. The minimum absolute atomic E-state index is 0.0644. The number of nitrogens with zero attached hydrogens (tertiary/aromatic N) is 3. The predicted molar refractivity (Wildman–Crippen MR) is 96.6 cm³/mol. The summed E-state index contributed by atoms with van der Waals surface area (Å²) in [5.41, 5.74) is 1.85. The fraction of sp³-hybridized carbons (Fsp3) is 0.158. The van der Waals surface area contributed by atoms with E-state index in [1.165, 1.54) is 29.9 Å². The molecule has 27 heavy (non-hydrogen) atoms. The maximum Gasteiger partial charge on any atom is 0.333 e. The van der Waals surface area contributed by atoms with Crippen LogP contribution in [0.3, 0.4) is 0 Å². The van der Waals surface area contributed by atoms with Crippen LogP contribution < -0.4 is 4.74 Å². The molecule has 0 saturated carbocycles. The van der Waals surface area contributed by atoms with Gasteiger partial charge in [-0.1, -0.05) is 18.7 Å². The van der Waals surface area contributed by atoms with Gasteiger partial charge >= 0.3 is 11.9 Å². The lowest BCUT2D eigenvalue weighted by molar-refractivity contribution is -0.142. The van der Waals surface area contributed by atoms with Crippen molar-refractivity contribution in [3.8, 4) is 17.2 Å². The Morgan fingerprint density at radius 2 is 1.81 bits per heavy atom. The van der Waals surface area contributed by atoms with E-state index in [2.05, 4.69) is 16.8 Å². The molecule has 3 aromatic rings. The van der Waals surface area contributed by atoms with Crippen LogP contribution in [-0.4, -0.2) is 38.6 Å². The van der Waals surface area contributed by atoms with Crippen molar-refractivity contribution >= 4 is 23.0 Å². The minimum Gasteiger partial charge on any atom is -0.506 e. The molecule has 8 heteroatoms. The van der Waals surface area contributed by atoms with Crippen LogP contribution in [0.2, 0.25) is 0 Å². The van der Waals surface area contributed by atoms with Crippen LogP contribution in [0.5, 0.6) is 11.5 Å². The van der Waals surface area contributed by atoms with Crippen LogP contribution in [0.25, 0.3) is 16.7 Å². The summed E-state index contributed by atoms with van der Waals surface area (Å²) in [4.78, 5) is 24.4. The van der Waals surface area contributed by atoms with Crippen molar-refractivity contribution in [2.45, 2.75) is 13.3 Å². The van der Waals surface area contributed by atoms with Crippen LogP contribution in [0, 0.1) is 0 Å². The molecule has 1 aromatic heterocycles. The lowest BCUT2D eigenvalue weighted by Crippen LogP contribution is -2.14. The van der Waals surface area contributed by atoms with Crippen molar-refractivity contribution in [2.24, 2.45) is 0 Å². The molecule has 0 unspecified atom stereocenters. The first-order valence-electron chi connectivity index (χ1n) is 8.13. The summed E-state index contributed by atoms with van der Waals surface area (Å²) in [6.45, 7) is 4.86. The van der Waals surface area contributed by atoms with Crippen LogP contribution in [-0.2, 0) is 14.3 Å². The van der Waals surface area contributed by atoms with Gasteiger partial charge in [0.2, 0.25) is 0 Å². The van der Waals surface area contributed by atoms with Crippen molar-refractivity contribution in [1.82, 2.24) is 15.0 Å². The second-order valence-electron chi connectivity index (χ2n) is 5.77. The topological polar surface area (TPSA) is 104 Å². The summed E-state index contributed by atoms with van der Waals surface area (Å²) < 4.78 is 10.1. The van der Waals surface area contributed by atoms with Gasteiger partial charge in [-0.2, -0.15) is 0 Å². The van der Waals surface area contributed by atoms with E-state index in [0.29, 0.717) is 11.0 Å². The summed E-state index contributed by atoms with van der Waals surface area (Å²) >= 11 is 0. The molecule has 0 atom stereocenters. The molecule has 1 heterocycles. The fourth-order valence-corrected chi connectivity index (χ4v) is 2.23. The van der Waals surface area contributed by atoms with E-state index in [1.807, 2.05) is 12.1 Å². The van der Waals surface area contributed by atoms with Crippen molar-refractivity contribution in [3.63, 3.8) is 0 Å². The van der Waals surface area contributed by atoms with E-state index < -0.39 is 11.9 Å². The van der Waals surface area contributed by atoms with Gasteiger partial charge in [0, 0.05) is 11.6 Å². The van der Waals surface area contributed by atoms with E-state index >= 15 is 0 Å². The standard InChI is InChI=1S/C19H17N3O5/c1-12(2)19(25)26-10-9-18(24)27-13-7-8-17(23)16(11-13)22-20-14-5-3-4-6-15(14)21-22/h3-8,11,23H,1,9-10H2,2H3. The van der Waals surface area contributed by atoms with E-state index in [1.54, 1.807) is 12.1 Å². The highest BCUT2D eigenvalue weighted by atomic mass is 16.5. The zero-order valence-corrected chi connectivity index (χ0v) is 14.6. The number of benzene rings is 2. The molecule has 0 amide bonds. The number of esters is 2. The molecular formula is C19H17N3O5. The quantitative estimate of drug-likeness (QED) is 0.406. The lowest BCUT2D eigenvalue weighted by Gasteiger charge is -2.08. The average molecular weight is 367 g/mol. The molecule has 0 aliphatic heterocycles. The van der Waals surface area contributed by atoms with Crippen molar-refractivity contribution in [2.75, 3.05) is 6.61 Å². The van der Waals surface area contributed by atoms with Gasteiger partial charge in [-0.15, -0.1) is 15.0 Å². The molecule has 138 valence electrons. The van der Waals surface area contributed by atoms with Gasteiger partial charge in [-0.3, -0.25) is 4.79 Å². The summed E-state index contributed by atoms with van der Waals surface area (Å²) in [5.74, 6) is -1.00. The summed E-state index contributed by atoms with van der Waals surface area (Å²) in [5, 5.41) is 18.7. The molecule has 0 bridgehead atoms. The van der Waals surface area contributed by atoms with Crippen LogP contribution in [0.15, 0.2) is 54.6 Å². The Balaban J connectivity index is 1.70. The average Bonchev–Trinajstić information content (AvgIpc) is 3.07. The SMILES string of the molecule is C=C(C)C(=O)OCCC(=O)Oc1ccc(O)c(-n2nc3ccccc3n2)c1. The van der Waals surface area contributed by atoms with Crippen LogP contribution in [0.4, 0.5) is 0 Å². The maximum atomic E-state index is 11.9. The molecule has 3 rings (SSSR count). The number of rotatable bonds is 6. The largest absolute Gasteiger partial charge is 0.506 e. The van der Waals surface area contributed by atoms with E-state index in [4.69, 9.17) is 9.47 Å². The number of hydrogen-bond acceptors (Lipinski definition) is 7. The minimum atomic E-state index is -0.584. The van der Waals surface area contributed by atoms with Gasteiger partial charge in [0.1, 0.15) is 34.8 Å². The highest BCUT2D eigenvalue weighted by Crippen LogP contribution is 2.26. The molecule has 0 radical (unpaired) electrons. The van der Waals surface area contributed by atoms with E-state index in [-0.39, 0.29) is 35.8 Å². The second kappa shape index (κ2) is 7.69. The highest BCUT2D eigenvalue weighted by molar-refractivity contribution is 5.87. The van der Waals surface area contributed by atoms with Crippen LogP contribution in [0.1, 0.15) is 13.3 Å². The number of carbonyl (C=O) groups is 2. The number of aromatic nitrogens is 3. The Morgan fingerprint density at radius 3 is 2.44 bits per heavy atom. The lowest BCUT2D eigenvalue weighted by atomic mass is 10.3. The number of ether oxygens (including phenoxy) is 2. The molecule has 0 saturated heterocycles.